The van der Waals surface area contributed by atoms with Crippen LogP contribution in [-0.2, 0) is 9.47 Å². The average Bonchev–Trinajstić information content (AvgIpc) is 2.93. The lowest BCUT2D eigenvalue weighted by Gasteiger charge is -2.19. The van der Waals surface area contributed by atoms with Gasteiger partial charge in [-0.1, -0.05) is 6.92 Å². The normalized spacial score (nSPS) is 21.7. The topological polar surface area (TPSA) is 56.6 Å². The maximum Gasteiger partial charge on any atom is 0.351 e. The van der Waals surface area contributed by atoms with Crippen molar-refractivity contribution in [1.82, 2.24) is 9.55 Å². The standard InChI is InChI=1S/C14H23N3O3S/c1-4-7-16(3)11-6-8-17(14(18)15-11)12-10-21-13(20-12)9-19-5-2/h6,8,12-13H,4-5,7,9-10H2,1-3H3/t12-,13+/m0/s1. The molecule has 0 amide bonds. The second-order valence-electron chi connectivity index (χ2n) is 4.91. The first kappa shape index (κ1) is 16.3. The highest BCUT2D eigenvalue weighted by Crippen LogP contribution is 2.31. The molecule has 0 radical (unpaired) electrons. The molecule has 21 heavy (non-hydrogen) atoms. The third-order valence-corrected chi connectivity index (χ3v) is 4.36. The van der Waals surface area contributed by atoms with Crippen LogP contribution >= 0.6 is 11.8 Å². The lowest BCUT2D eigenvalue weighted by Crippen LogP contribution is -2.31. The minimum atomic E-state index is -0.266. The molecule has 0 unspecified atom stereocenters. The zero-order valence-electron chi connectivity index (χ0n) is 12.8. The summed E-state index contributed by atoms with van der Waals surface area (Å²) in [6.07, 6.45) is 2.53. The predicted octanol–water partition coefficient (Wildman–Crippen LogP) is 1.71. The quantitative estimate of drug-likeness (QED) is 0.764. The van der Waals surface area contributed by atoms with Crippen molar-refractivity contribution in [2.24, 2.45) is 0 Å². The molecule has 1 aliphatic heterocycles. The van der Waals surface area contributed by atoms with Gasteiger partial charge in [-0.15, -0.1) is 11.8 Å². The van der Waals surface area contributed by atoms with Gasteiger partial charge in [-0.2, -0.15) is 4.98 Å². The fraction of sp³-hybridized carbons (Fsp3) is 0.714. The zero-order chi connectivity index (χ0) is 15.2. The van der Waals surface area contributed by atoms with Gasteiger partial charge in [0.15, 0.2) is 0 Å². The van der Waals surface area contributed by atoms with Crippen LogP contribution in [0, 0.1) is 0 Å². The average molecular weight is 313 g/mol. The van der Waals surface area contributed by atoms with E-state index in [0.717, 1.165) is 18.7 Å². The third-order valence-electron chi connectivity index (χ3n) is 3.27. The molecule has 0 aliphatic carbocycles. The highest BCUT2D eigenvalue weighted by Gasteiger charge is 2.28. The minimum Gasteiger partial charge on any atom is -0.378 e. The number of hydrogen-bond donors (Lipinski definition) is 0. The molecule has 1 fully saturated rings. The second-order valence-corrected chi connectivity index (χ2v) is 6.10. The summed E-state index contributed by atoms with van der Waals surface area (Å²) in [5.41, 5.74) is -0.276. The minimum absolute atomic E-state index is 0.00992. The molecule has 1 aromatic heterocycles. The van der Waals surface area contributed by atoms with Crippen molar-refractivity contribution in [2.75, 3.05) is 37.5 Å². The Labute approximate surface area is 129 Å². The molecule has 118 valence electrons. The zero-order valence-corrected chi connectivity index (χ0v) is 13.6. The summed E-state index contributed by atoms with van der Waals surface area (Å²) in [6, 6.07) is 1.86. The molecule has 0 saturated carbocycles. The van der Waals surface area contributed by atoms with Gasteiger partial charge in [0, 0.05) is 32.1 Å². The van der Waals surface area contributed by atoms with Crippen LogP contribution in [0.25, 0.3) is 0 Å². The van der Waals surface area contributed by atoms with Gasteiger partial charge in [0.25, 0.3) is 0 Å². The van der Waals surface area contributed by atoms with E-state index < -0.39 is 0 Å². The van der Waals surface area contributed by atoms with Gasteiger partial charge in [0.2, 0.25) is 0 Å². The smallest absolute Gasteiger partial charge is 0.351 e. The van der Waals surface area contributed by atoms with Crippen LogP contribution in [0.2, 0.25) is 0 Å². The number of anilines is 1. The maximum atomic E-state index is 12.2. The number of rotatable bonds is 7. The molecule has 7 heteroatoms. The summed E-state index contributed by atoms with van der Waals surface area (Å²) >= 11 is 1.67. The van der Waals surface area contributed by atoms with Crippen molar-refractivity contribution < 1.29 is 9.47 Å². The lowest BCUT2D eigenvalue weighted by atomic mass is 10.4. The highest BCUT2D eigenvalue weighted by molar-refractivity contribution is 8.00. The Morgan fingerprint density at radius 2 is 2.38 bits per heavy atom. The summed E-state index contributed by atoms with van der Waals surface area (Å²) in [7, 11) is 1.94. The number of aromatic nitrogens is 2. The van der Waals surface area contributed by atoms with Crippen molar-refractivity contribution in [3.8, 4) is 0 Å². The summed E-state index contributed by atoms with van der Waals surface area (Å²) in [5, 5.41) is 0. The largest absolute Gasteiger partial charge is 0.378 e. The van der Waals surface area contributed by atoms with Crippen LogP contribution in [0.5, 0.6) is 0 Å². The van der Waals surface area contributed by atoms with Gasteiger partial charge in [0.1, 0.15) is 17.5 Å². The lowest BCUT2D eigenvalue weighted by molar-refractivity contribution is -0.0226. The Morgan fingerprint density at radius 1 is 1.57 bits per heavy atom. The van der Waals surface area contributed by atoms with E-state index in [1.807, 2.05) is 24.9 Å². The summed E-state index contributed by atoms with van der Waals surface area (Å²) in [5.74, 6) is 1.44. The Kier molecular flexibility index (Phi) is 6.08. The highest BCUT2D eigenvalue weighted by atomic mass is 32.2. The van der Waals surface area contributed by atoms with Gasteiger partial charge in [-0.25, -0.2) is 4.79 Å². The van der Waals surface area contributed by atoms with Crippen molar-refractivity contribution in [2.45, 2.75) is 31.9 Å². The summed E-state index contributed by atoms with van der Waals surface area (Å²) < 4.78 is 12.7. The molecule has 1 aromatic rings. The molecule has 2 heterocycles. The Bertz CT molecular complexity index is 508. The Morgan fingerprint density at radius 3 is 3.05 bits per heavy atom. The number of nitrogens with zero attached hydrogens (tertiary/aromatic N) is 3. The fourth-order valence-corrected chi connectivity index (χ4v) is 3.19. The third kappa shape index (κ3) is 4.21. The Hall–Kier alpha value is -1.05. The van der Waals surface area contributed by atoms with E-state index >= 15 is 0 Å². The summed E-state index contributed by atoms with van der Waals surface area (Å²) in [6.45, 7) is 6.15. The fourth-order valence-electron chi connectivity index (χ4n) is 2.18. The summed E-state index contributed by atoms with van der Waals surface area (Å²) in [4.78, 5) is 18.3. The van der Waals surface area contributed by atoms with Gasteiger partial charge < -0.3 is 14.4 Å². The maximum absolute atomic E-state index is 12.2. The molecular formula is C14H23N3O3S. The van der Waals surface area contributed by atoms with Crippen molar-refractivity contribution in [3.63, 3.8) is 0 Å². The van der Waals surface area contributed by atoms with Crippen LogP contribution in [0.4, 0.5) is 5.82 Å². The Balaban J connectivity index is 2.03. The predicted molar refractivity (Wildman–Crippen MR) is 84.9 cm³/mol. The molecule has 0 spiro atoms. The SMILES string of the molecule is CCCN(C)c1ccn([C@@H]2CS[C@H](COCC)O2)c(=O)n1. The second kappa shape index (κ2) is 7.82. The molecule has 1 aliphatic rings. The van der Waals surface area contributed by atoms with E-state index in [1.165, 1.54) is 0 Å². The number of hydrogen-bond acceptors (Lipinski definition) is 6. The molecule has 0 aromatic carbocycles. The molecule has 2 rings (SSSR count). The molecular weight excluding hydrogens is 290 g/mol. The van der Waals surface area contributed by atoms with E-state index in [2.05, 4.69) is 11.9 Å². The first-order chi connectivity index (χ1) is 10.2. The number of ether oxygens (including phenoxy) is 2. The van der Waals surface area contributed by atoms with Gasteiger partial charge >= 0.3 is 5.69 Å². The van der Waals surface area contributed by atoms with E-state index in [9.17, 15) is 4.79 Å². The van der Waals surface area contributed by atoms with E-state index in [1.54, 1.807) is 22.5 Å². The van der Waals surface area contributed by atoms with E-state index in [0.29, 0.717) is 19.0 Å². The van der Waals surface area contributed by atoms with Crippen LogP contribution < -0.4 is 10.6 Å². The monoisotopic (exact) mass is 313 g/mol. The van der Waals surface area contributed by atoms with Crippen LogP contribution in [0.1, 0.15) is 26.5 Å². The van der Waals surface area contributed by atoms with Crippen molar-refractivity contribution in [1.29, 1.82) is 0 Å². The number of thioether (sulfide) groups is 1. The van der Waals surface area contributed by atoms with E-state index in [-0.39, 0.29) is 17.4 Å². The van der Waals surface area contributed by atoms with Crippen LogP contribution in [-0.4, -0.2) is 47.5 Å². The van der Waals surface area contributed by atoms with E-state index in [4.69, 9.17) is 9.47 Å². The van der Waals surface area contributed by atoms with Crippen molar-refractivity contribution in [3.05, 3.63) is 22.7 Å². The first-order valence-corrected chi connectivity index (χ1v) is 8.35. The van der Waals surface area contributed by atoms with Crippen LogP contribution in [0.15, 0.2) is 17.1 Å². The molecule has 1 saturated heterocycles. The molecule has 0 N–H and O–H groups in total. The first-order valence-electron chi connectivity index (χ1n) is 7.30. The van der Waals surface area contributed by atoms with Crippen LogP contribution in [0.3, 0.4) is 0 Å². The molecule has 6 nitrogen and oxygen atoms in total. The molecule has 2 atom stereocenters. The van der Waals surface area contributed by atoms with Gasteiger partial charge in [0.05, 0.1) is 6.61 Å². The van der Waals surface area contributed by atoms with Crippen molar-refractivity contribution >= 4 is 17.6 Å². The van der Waals surface area contributed by atoms with Gasteiger partial charge in [-0.05, 0) is 19.4 Å². The molecule has 0 bridgehead atoms. The van der Waals surface area contributed by atoms with Gasteiger partial charge in [-0.3, -0.25) is 4.57 Å².